The number of methoxy groups -OCH3 is 1. The van der Waals surface area contributed by atoms with Gasteiger partial charge in [-0.1, -0.05) is 0 Å². The monoisotopic (exact) mass is 367 g/mol. The summed E-state index contributed by atoms with van der Waals surface area (Å²) in [7, 11) is 1.22. The molecule has 4 rings (SSSR count). The molecule has 11 heteroatoms. The van der Waals surface area contributed by atoms with Gasteiger partial charge in [-0.3, -0.25) is 4.79 Å². The van der Waals surface area contributed by atoms with E-state index in [1.54, 1.807) is 0 Å². The quantitative estimate of drug-likeness (QED) is 0.653. The molecule has 0 atom stereocenters. The Morgan fingerprint density at radius 1 is 1.38 bits per heavy atom. The Morgan fingerprint density at radius 2 is 2.15 bits per heavy atom. The molecule has 3 aromatic rings. The first kappa shape index (κ1) is 16.5. The van der Waals surface area contributed by atoms with E-state index in [4.69, 9.17) is 4.42 Å². The molecule has 1 aliphatic carbocycles. The molecule has 8 nitrogen and oxygen atoms in total. The summed E-state index contributed by atoms with van der Waals surface area (Å²) in [5.74, 6) is -0.636. The predicted octanol–water partition coefficient (Wildman–Crippen LogP) is 2.39. The maximum absolute atomic E-state index is 13.4. The lowest BCUT2D eigenvalue weighted by Crippen LogP contribution is -2.14. The molecule has 0 aliphatic heterocycles. The lowest BCUT2D eigenvalue weighted by atomic mass is 10.2. The molecule has 0 spiro atoms. The Hall–Kier alpha value is -2.98. The molecule has 26 heavy (non-hydrogen) atoms. The lowest BCUT2D eigenvalue weighted by Gasteiger charge is -2.10. The molecule has 136 valence electrons. The number of rotatable bonds is 4. The van der Waals surface area contributed by atoms with E-state index in [2.05, 4.69) is 25.0 Å². The van der Waals surface area contributed by atoms with Crippen molar-refractivity contribution in [3.05, 3.63) is 29.5 Å². The number of halogens is 3. The van der Waals surface area contributed by atoms with Gasteiger partial charge in [-0.25, -0.2) is 9.50 Å². The van der Waals surface area contributed by atoms with Crippen LogP contribution in [0.3, 0.4) is 0 Å². The molecule has 0 bridgehead atoms. The van der Waals surface area contributed by atoms with Crippen LogP contribution in [0.4, 0.5) is 13.2 Å². The van der Waals surface area contributed by atoms with Crippen LogP contribution in [0.1, 0.15) is 36.0 Å². The van der Waals surface area contributed by atoms with Crippen molar-refractivity contribution < 1.29 is 27.1 Å². The topological polar surface area (TPSA) is 95.4 Å². The molecule has 0 unspecified atom stereocenters. The number of nitrogens with zero attached hydrogens (tertiary/aromatic N) is 5. The first-order valence-electron chi connectivity index (χ1n) is 7.72. The minimum Gasteiger partial charge on any atom is -0.469 e. The second-order valence-electron chi connectivity index (χ2n) is 5.89. The van der Waals surface area contributed by atoms with E-state index in [9.17, 15) is 18.0 Å². The van der Waals surface area contributed by atoms with Gasteiger partial charge in [0.25, 0.3) is 5.89 Å². The molecule has 0 radical (unpaired) electrons. The summed E-state index contributed by atoms with van der Waals surface area (Å²) in [6.45, 7) is 0. The van der Waals surface area contributed by atoms with Gasteiger partial charge in [-0.2, -0.15) is 18.3 Å². The number of alkyl halides is 3. The minimum atomic E-state index is -4.58. The highest BCUT2D eigenvalue weighted by Crippen LogP contribution is 2.42. The average molecular weight is 367 g/mol. The number of esters is 1. The van der Waals surface area contributed by atoms with Crippen molar-refractivity contribution in [3.63, 3.8) is 0 Å². The number of ether oxygens (including phenoxy) is 1. The van der Waals surface area contributed by atoms with Crippen LogP contribution in [0, 0.1) is 0 Å². The normalized spacial score (nSPS) is 14.8. The van der Waals surface area contributed by atoms with Gasteiger partial charge in [0, 0.05) is 11.6 Å². The van der Waals surface area contributed by atoms with Crippen LogP contribution >= 0.6 is 0 Å². The number of carbonyl (C=O) groups excluding carboxylic acids is 1. The van der Waals surface area contributed by atoms with Gasteiger partial charge in [-0.15, -0.1) is 10.2 Å². The molecule has 0 amide bonds. The highest BCUT2D eigenvalue weighted by Gasteiger charge is 2.38. The summed E-state index contributed by atoms with van der Waals surface area (Å²) in [5.41, 5.74) is -0.401. The van der Waals surface area contributed by atoms with Gasteiger partial charge >= 0.3 is 12.1 Å². The fraction of sp³-hybridized carbons (Fsp3) is 0.400. The summed E-state index contributed by atoms with van der Waals surface area (Å²) in [5, 5.41) is 11.3. The van der Waals surface area contributed by atoms with Gasteiger partial charge in [0.05, 0.1) is 13.3 Å². The zero-order valence-corrected chi connectivity index (χ0v) is 13.4. The van der Waals surface area contributed by atoms with Crippen molar-refractivity contribution in [1.29, 1.82) is 0 Å². The van der Waals surface area contributed by atoms with Crippen molar-refractivity contribution in [2.75, 3.05) is 7.11 Å². The lowest BCUT2D eigenvalue weighted by molar-refractivity contribution is -0.143. The average Bonchev–Trinajstić information content (AvgIpc) is 3.20. The standard InChI is InChI=1S/C15H12F3N5O3/c1-25-12(24)5-11-21-22-14(26-11)8-6-19-23-10(15(16,17)18)4-9(7-2-3-7)20-13(8)23/h4,6-7H,2-3,5H2,1H3. The largest absolute Gasteiger partial charge is 0.469 e. The molecule has 1 aliphatic rings. The molecule has 3 heterocycles. The van der Waals surface area contributed by atoms with Crippen LogP contribution in [0.15, 0.2) is 16.7 Å². The summed E-state index contributed by atoms with van der Waals surface area (Å²) in [6.07, 6.45) is -2.04. The molecule has 0 N–H and O–H groups in total. The minimum absolute atomic E-state index is 0.0133. The maximum atomic E-state index is 13.4. The van der Waals surface area contributed by atoms with E-state index < -0.39 is 17.8 Å². The third-order valence-corrected chi connectivity index (χ3v) is 4.00. The first-order valence-corrected chi connectivity index (χ1v) is 7.72. The number of hydrogen-bond acceptors (Lipinski definition) is 7. The molecule has 1 saturated carbocycles. The van der Waals surface area contributed by atoms with E-state index in [0.717, 1.165) is 18.9 Å². The SMILES string of the molecule is COC(=O)Cc1nnc(-c2cnn3c(C(F)(F)F)cc(C4CC4)nc23)o1. The van der Waals surface area contributed by atoms with Gasteiger partial charge in [0.1, 0.15) is 17.7 Å². The highest BCUT2D eigenvalue weighted by molar-refractivity contribution is 5.73. The molecular formula is C15H12F3N5O3. The van der Waals surface area contributed by atoms with Gasteiger partial charge in [0.15, 0.2) is 5.65 Å². The van der Waals surface area contributed by atoms with Crippen LogP contribution in [0.2, 0.25) is 0 Å². The smallest absolute Gasteiger partial charge is 0.433 e. The predicted molar refractivity (Wildman–Crippen MR) is 79.0 cm³/mol. The Morgan fingerprint density at radius 3 is 2.81 bits per heavy atom. The van der Waals surface area contributed by atoms with Crippen molar-refractivity contribution in [1.82, 2.24) is 24.8 Å². The summed E-state index contributed by atoms with van der Waals surface area (Å²) in [6, 6.07) is 1.03. The first-order chi connectivity index (χ1) is 12.4. The zero-order valence-electron chi connectivity index (χ0n) is 13.4. The van der Waals surface area contributed by atoms with Crippen LogP contribution in [-0.2, 0) is 22.1 Å². The van der Waals surface area contributed by atoms with Crippen LogP contribution in [-0.4, -0.2) is 37.9 Å². The van der Waals surface area contributed by atoms with Crippen LogP contribution in [0.25, 0.3) is 17.1 Å². The van der Waals surface area contributed by atoms with Crippen LogP contribution < -0.4 is 0 Å². The molecule has 0 saturated heterocycles. The molecule has 3 aromatic heterocycles. The van der Waals surface area contributed by atoms with E-state index in [1.165, 1.54) is 13.3 Å². The summed E-state index contributed by atoms with van der Waals surface area (Å²) in [4.78, 5) is 15.6. The number of hydrogen-bond donors (Lipinski definition) is 0. The molecule has 1 fully saturated rings. The number of fused-ring (bicyclic) bond motifs is 1. The Balaban J connectivity index is 1.81. The number of carbonyl (C=O) groups is 1. The third kappa shape index (κ3) is 2.89. The van der Waals surface area contributed by atoms with Crippen molar-refractivity contribution in [2.45, 2.75) is 31.4 Å². The second kappa shape index (κ2) is 5.78. The van der Waals surface area contributed by atoms with Crippen molar-refractivity contribution in [2.24, 2.45) is 0 Å². The summed E-state index contributed by atoms with van der Waals surface area (Å²) < 4.78 is 50.7. The van der Waals surface area contributed by atoms with Crippen molar-refractivity contribution >= 4 is 11.6 Å². The van der Waals surface area contributed by atoms with E-state index >= 15 is 0 Å². The van der Waals surface area contributed by atoms with Gasteiger partial charge < -0.3 is 9.15 Å². The maximum Gasteiger partial charge on any atom is 0.433 e. The van der Waals surface area contributed by atoms with Crippen molar-refractivity contribution in [3.8, 4) is 11.5 Å². The van der Waals surface area contributed by atoms with Gasteiger partial charge in [0.2, 0.25) is 5.89 Å². The van der Waals surface area contributed by atoms with E-state index in [0.29, 0.717) is 10.2 Å². The highest BCUT2D eigenvalue weighted by atomic mass is 19.4. The molecule has 0 aromatic carbocycles. The van der Waals surface area contributed by atoms with E-state index in [1.807, 2.05) is 0 Å². The van der Waals surface area contributed by atoms with Gasteiger partial charge in [-0.05, 0) is 18.9 Å². The number of aromatic nitrogens is 5. The summed E-state index contributed by atoms with van der Waals surface area (Å²) >= 11 is 0. The Labute approximate surface area is 144 Å². The molecular weight excluding hydrogens is 355 g/mol. The fourth-order valence-electron chi connectivity index (χ4n) is 2.55. The third-order valence-electron chi connectivity index (χ3n) is 4.00. The Kier molecular flexibility index (Phi) is 3.67. The Bertz CT molecular complexity index is 990. The fourth-order valence-corrected chi connectivity index (χ4v) is 2.55. The van der Waals surface area contributed by atoms with Crippen LogP contribution in [0.5, 0.6) is 0 Å². The zero-order chi connectivity index (χ0) is 18.5. The second-order valence-corrected chi connectivity index (χ2v) is 5.89. The van der Waals surface area contributed by atoms with E-state index in [-0.39, 0.29) is 35.3 Å².